The molecule has 1 fully saturated rings. The van der Waals surface area contributed by atoms with Crippen LogP contribution in [0.4, 0.5) is 4.79 Å². The average molecular weight is 465 g/mol. The van der Waals surface area contributed by atoms with Crippen molar-refractivity contribution in [3.8, 4) is 17.3 Å². The lowest BCUT2D eigenvalue weighted by molar-refractivity contribution is 0.0275. The maximum absolute atomic E-state index is 12.8. The summed E-state index contributed by atoms with van der Waals surface area (Å²) in [6.45, 7) is 6.55. The Kier molecular flexibility index (Phi) is 5.28. The zero-order valence-electron chi connectivity index (χ0n) is 18.6. The van der Waals surface area contributed by atoms with Gasteiger partial charge in [0.25, 0.3) is 5.56 Å². The smallest absolute Gasteiger partial charge is 0.410 e. The number of likely N-dealkylation sites (tertiary alicyclic amines) is 1. The molecule has 1 N–H and O–H groups in total. The van der Waals surface area contributed by atoms with E-state index < -0.39 is 5.60 Å². The summed E-state index contributed by atoms with van der Waals surface area (Å²) in [5.74, 6) is 0.995. The van der Waals surface area contributed by atoms with Gasteiger partial charge in [0, 0.05) is 19.2 Å². The third kappa shape index (κ3) is 4.54. The number of hydrogen-bond acceptors (Lipinski definition) is 7. The third-order valence-electron chi connectivity index (χ3n) is 5.36. The molecule has 1 unspecified atom stereocenters. The highest BCUT2D eigenvalue weighted by Gasteiger charge is 2.31. The standard InChI is InChI=1S/C24H24N4O4S/c1-24(2,3)32-23(30)28-8-6-16(13-28)31-15-4-5-18-17(11-15)22(29)27-21(26-18)19-10-14-7-9-33-20(14)12-25-19/h4-5,7,9-12,16H,6,8,13H2,1-3H3,(H,26,27,29). The normalized spacial score (nSPS) is 16.5. The zero-order valence-corrected chi connectivity index (χ0v) is 19.4. The summed E-state index contributed by atoms with van der Waals surface area (Å²) >= 11 is 1.62. The Labute approximate surface area is 194 Å². The van der Waals surface area contributed by atoms with Crippen LogP contribution >= 0.6 is 11.3 Å². The molecule has 1 aliphatic rings. The first-order valence-electron chi connectivity index (χ1n) is 10.8. The van der Waals surface area contributed by atoms with E-state index in [0.717, 1.165) is 10.1 Å². The molecule has 5 rings (SSSR count). The first-order chi connectivity index (χ1) is 15.7. The van der Waals surface area contributed by atoms with Gasteiger partial charge in [-0.05, 0) is 61.9 Å². The number of aromatic nitrogens is 3. The number of ether oxygens (including phenoxy) is 2. The number of thiophene rings is 1. The molecular formula is C24H24N4O4S. The number of carbonyl (C=O) groups excluding carboxylic acids is 1. The first-order valence-corrected chi connectivity index (χ1v) is 11.7. The second kappa shape index (κ2) is 8.15. The van der Waals surface area contributed by atoms with Gasteiger partial charge >= 0.3 is 6.09 Å². The molecule has 33 heavy (non-hydrogen) atoms. The Balaban J connectivity index is 1.34. The van der Waals surface area contributed by atoms with E-state index in [1.54, 1.807) is 40.6 Å². The van der Waals surface area contributed by atoms with Gasteiger partial charge in [0.1, 0.15) is 23.1 Å². The minimum Gasteiger partial charge on any atom is -0.488 e. The van der Waals surface area contributed by atoms with E-state index in [1.165, 1.54) is 0 Å². The van der Waals surface area contributed by atoms with Crippen LogP contribution in [0.2, 0.25) is 0 Å². The van der Waals surface area contributed by atoms with Crippen LogP contribution in [0.25, 0.3) is 32.5 Å². The lowest BCUT2D eigenvalue weighted by Crippen LogP contribution is -2.36. The van der Waals surface area contributed by atoms with E-state index in [4.69, 9.17) is 9.47 Å². The maximum atomic E-state index is 12.8. The van der Waals surface area contributed by atoms with Gasteiger partial charge < -0.3 is 19.4 Å². The van der Waals surface area contributed by atoms with Crippen molar-refractivity contribution in [1.82, 2.24) is 19.9 Å². The highest BCUT2D eigenvalue weighted by Crippen LogP contribution is 2.26. The Hall–Kier alpha value is -3.46. The van der Waals surface area contributed by atoms with Gasteiger partial charge in [-0.25, -0.2) is 9.78 Å². The molecule has 0 saturated carbocycles. The molecule has 9 heteroatoms. The SMILES string of the molecule is CC(C)(C)OC(=O)N1CCC(Oc2ccc3nc(-c4cc5ccsc5cn4)[nH]c(=O)c3c2)C1. The zero-order chi connectivity index (χ0) is 23.2. The summed E-state index contributed by atoms with van der Waals surface area (Å²) in [7, 11) is 0. The van der Waals surface area contributed by atoms with Crippen LogP contribution in [-0.2, 0) is 4.74 Å². The van der Waals surface area contributed by atoms with Crippen LogP contribution in [-0.4, -0.2) is 50.7 Å². The van der Waals surface area contributed by atoms with E-state index in [9.17, 15) is 9.59 Å². The van der Waals surface area contributed by atoms with Crippen molar-refractivity contribution in [2.24, 2.45) is 0 Å². The molecule has 3 aromatic heterocycles. The highest BCUT2D eigenvalue weighted by atomic mass is 32.1. The predicted molar refractivity (Wildman–Crippen MR) is 128 cm³/mol. The van der Waals surface area contributed by atoms with Crippen LogP contribution in [0.1, 0.15) is 27.2 Å². The summed E-state index contributed by atoms with van der Waals surface area (Å²) in [5, 5.41) is 3.51. The van der Waals surface area contributed by atoms with Crippen molar-refractivity contribution in [2.45, 2.75) is 38.9 Å². The monoisotopic (exact) mass is 464 g/mol. The van der Waals surface area contributed by atoms with Crippen LogP contribution in [0.3, 0.4) is 0 Å². The molecule has 1 amide bonds. The summed E-state index contributed by atoms with van der Waals surface area (Å²) < 4.78 is 12.6. The summed E-state index contributed by atoms with van der Waals surface area (Å²) in [6, 6.07) is 9.19. The van der Waals surface area contributed by atoms with E-state index in [0.29, 0.717) is 47.7 Å². The molecule has 0 spiro atoms. The maximum Gasteiger partial charge on any atom is 0.410 e. The number of aromatic amines is 1. The average Bonchev–Trinajstić information content (AvgIpc) is 3.42. The molecule has 0 aliphatic carbocycles. The summed E-state index contributed by atoms with van der Waals surface area (Å²) in [5.41, 5.74) is 0.393. The molecule has 4 aromatic rings. The van der Waals surface area contributed by atoms with Crippen molar-refractivity contribution < 1.29 is 14.3 Å². The van der Waals surface area contributed by atoms with Gasteiger partial charge in [-0.1, -0.05) is 0 Å². The van der Waals surface area contributed by atoms with Crippen LogP contribution in [0.5, 0.6) is 5.75 Å². The van der Waals surface area contributed by atoms with Crippen molar-refractivity contribution in [3.63, 3.8) is 0 Å². The number of H-pyrrole nitrogens is 1. The third-order valence-corrected chi connectivity index (χ3v) is 6.23. The molecule has 0 radical (unpaired) electrons. The van der Waals surface area contributed by atoms with Crippen molar-refractivity contribution in [2.75, 3.05) is 13.1 Å². The van der Waals surface area contributed by atoms with E-state index in [1.807, 2.05) is 38.3 Å². The lowest BCUT2D eigenvalue weighted by atomic mass is 10.2. The van der Waals surface area contributed by atoms with Gasteiger partial charge in [-0.2, -0.15) is 0 Å². The fraction of sp³-hybridized carbons (Fsp3) is 0.333. The minimum atomic E-state index is -0.535. The Morgan fingerprint density at radius 3 is 2.91 bits per heavy atom. The topological polar surface area (TPSA) is 97.4 Å². The molecule has 8 nitrogen and oxygen atoms in total. The minimum absolute atomic E-state index is 0.164. The number of rotatable bonds is 3. The Morgan fingerprint density at radius 2 is 2.09 bits per heavy atom. The van der Waals surface area contributed by atoms with Gasteiger partial charge in [-0.3, -0.25) is 9.78 Å². The van der Waals surface area contributed by atoms with Crippen molar-refractivity contribution >= 4 is 38.4 Å². The van der Waals surface area contributed by atoms with E-state index >= 15 is 0 Å². The fourth-order valence-corrected chi connectivity index (χ4v) is 4.56. The number of hydrogen-bond donors (Lipinski definition) is 1. The quantitative estimate of drug-likeness (QED) is 0.476. The van der Waals surface area contributed by atoms with Crippen LogP contribution in [0.15, 0.2) is 46.7 Å². The van der Waals surface area contributed by atoms with Gasteiger partial charge in [0.2, 0.25) is 0 Å². The van der Waals surface area contributed by atoms with Crippen LogP contribution < -0.4 is 10.3 Å². The Morgan fingerprint density at radius 1 is 1.24 bits per heavy atom. The number of nitrogens with zero attached hydrogens (tertiary/aromatic N) is 3. The summed E-state index contributed by atoms with van der Waals surface area (Å²) in [4.78, 5) is 38.6. The lowest BCUT2D eigenvalue weighted by Gasteiger charge is -2.24. The predicted octanol–water partition coefficient (Wildman–Crippen LogP) is 4.59. The number of amides is 1. The van der Waals surface area contributed by atoms with Gasteiger partial charge in [0.15, 0.2) is 5.82 Å². The van der Waals surface area contributed by atoms with Gasteiger partial charge in [-0.15, -0.1) is 11.3 Å². The Bertz CT molecular complexity index is 1410. The van der Waals surface area contributed by atoms with Crippen molar-refractivity contribution in [3.05, 3.63) is 52.3 Å². The molecule has 1 atom stereocenters. The number of carbonyl (C=O) groups is 1. The number of benzene rings is 1. The molecule has 0 bridgehead atoms. The van der Waals surface area contributed by atoms with E-state index in [2.05, 4.69) is 15.0 Å². The largest absolute Gasteiger partial charge is 0.488 e. The highest BCUT2D eigenvalue weighted by molar-refractivity contribution is 7.17. The second-order valence-corrected chi connectivity index (χ2v) is 10.0. The molecular weight excluding hydrogens is 440 g/mol. The summed E-state index contributed by atoms with van der Waals surface area (Å²) in [6.07, 6.45) is 1.98. The molecule has 1 saturated heterocycles. The first kappa shape index (κ1) is 21.4. The molecule has 4 heterocycles. The van der Waals surface area contributed by atoms with Crippen molar-refractivity contribution in [1.29, 1.82) is 0 Å². The number of nitrogens with one attached hydrogen (secondary N) is 1. The van der Waals surface area contributed by atoms with Gasteiger partial charge in [0.05, 0.1) is 22.1 Å². The number of fused-ring (bicyclic) bond motifs is 2. The molecule has 1 aliphatic heterocycles. The fourth-order valence-electron chi connectivity index (χ4n) is 3.82. The van der Waals surface area contributed by atoms with Crippen LogP contribution in [0, 0.1) is 0 Å². The number of pyridine rings is 1. The second-order valence-electron chi connectivity index (χ2n) is 9.08. The molecule has 170 valence electrons. The van der Waals surface area contributed by atoms with E-state index in [-0.39, 0.29) is 17.8 Å². The molecule has 1 aromatic carbocycles.